The normalized spacial score (nSPS) is 11.3. The summed E-state index contributed by atoms with van der Waals surface area (Å²) in [5, 5.41) is 2.17. The van der Waals surface area contributed by atoms with E-state index in [1.54, 1.807) is 37.5 Å². The zero-order valence-electron chi connectivity index (χ0n) is 18.4. The quantitative estimate of drug-likeness (QED) is 0.398. The van der Waals surface area contributed by atoms with Gasteiger partial charge in [0.1, 0.15) is 11.5 Å². The lowest BCUT2D eigenvalue weighted by atomic mass is 9.99. The number of aromatic nitrogens is 1. The summed E-state index contributed by atoms with van der Waals surface area (Å²) in [6.45, 7) is 5.42. The molecule has 0 spiro atoms. The summed E-state index contributed by atoms with van der Waals surface area (Å²) in [7, 11) is -2.00. The van der Waals surface area contributed by atoms with Gasteiger partial charge in [-0.25, -0.2) is 8.42 Å². The first-order valence-corrected chi connectivity index (χ1v) is 12.0. The number of benzene rings is 3. The van der Waals surface area contributed by atoms with Gasteiger partial charge in [0.15, 0.2) is 0 Å². The molecule has 6 nitrogen and oxygen atoms in total. The predicted molar refractivity (Wildman–Crippen MR) is 133 cm³/mol. The number of rotatable bonds is 7. The van der Waals surface area contributed by atoms with Crippen LogP contribution in [0.15, 0.2) is 89.7 Å². The predicted octanol–water partition coefficient (Wildman–Crippen LogP) is 5.45. The molecular formula is C26H24N2O4S. The van der Waals surface area contributed by atoms with E-state index in [1.807, 2.05) is 42.5 Å². The number of nitrogens with zero attached hydrogens (tertiary/aromatic N) is 1. The first kappa shape index (κ1) is 22.4. The van der Waals surface area contributed by atoms with Crippen molar-refractivity contribution >= 4 is 26.5 Å². The molecule has 0 unspecified atom stereocenters. The lowest BCUT2D eigenvalue weighted by Gasteiger charge is -2.16. The molecule has 0 saturated heterocycles. The molecule has 4 rings (SSSR count). The van der Waals surface area contributed by atoms with E-state index in [0.717, 1.165) is 28.3 Å². The van der Waals surface area contributed by atoms with Gasteiger partial charge in [-0.1, -0.05) is 43.8 Å². The highest BCUT2D eigenvalue weighted by Gasteiger charge is 2.16. The third-order valence-electron chi connectivity index (χ3n) is 5.37. The van der Waals surface area contributed by atoms with Crippen molar-refractivity contribution in [2.24, 2.45) is 7.05 Å². The van der Waals surface area contributed by atoms with Crippen LogP contribution in [0.4, 0.5) is 5.69 Å². The van der Waals surface area contributed by atoms with Gasteiger partial charge in [0.2, 0.25) is 0 Å². The van der Waals surface area contributed by atoms with Crippen molar-refractivity contribution in [1.82, 2.24) is 4.57 Å². The van der Waals surface area contributed by atoms with Gasteiger partial charge in [-0.3, -0.25) is 9.52 Å². The third kappa shape index (κ3) is 4.68. The Morgan fingerprint density at radius 1 is 1.00 bits per heavy atom. The zero-order chi connectivity index (χ0) is 23.6. The first-order chi connectivity index (χ1) is 15.8. The molecule has 33 heavy (non-hydrogen) atoms. The van der Waals surface area contributed by atoms with E-state index < -0.39 is 10.0 Å². The minimum atomic E-state index is -3.69. The second kappa shape index (κ2) is 8.96. The van der Waals surface area contributed by atoms with Crippen LogP contribution in [0, 0.1) is 0 Å². The van der Waals surface area contributed by atoms with Crippen LogP contribution >= 0.6 is 0 Å². The summed E-state index contributed by atoms with van der Waals surface area (Å²) in [5.41, 5.74) is 2.77. The van der Waals surface area contributed by atoms with Crippen LogP contribution in [-0.2, 0) is 23.5 Å². The molecular weight excluding hydrogens is 436 g/mol. The molecule has 4 aromatic rings. The number of ether oxygens (including phenoxy) is 1. The van der Waals surface area contributed by atoms with E-state index in [2.05, 4.69) is 18.2 Å². The molecule has 3 aromatic carbocycles. The third-order valence-corrected chi connectivity index (χ3v) is 6.33. The number of fused-ring (bicyclic) bond motifs is 1. The molecule has 0 aliphatic heterocycles. The van der Waals surface area contributed by atoms with Crippen molar-refractivity contribution in [2.45, 2.75) is 13.3 Å². The molecule has 0 saturated carbocycles. The highest BCUT2D eigenvalue weighted by Crippen LogP contribution is 2.38. The average molecular weight is 461 g/mol. The van der Waals surface area contributed by atoms with Crippen molar-refractivity contribution in [3.05, 3.63) is 101 Å². The monoisotopic (exact) mass is 460 g/mol. The van der Waals surface area contributed by atoms with Gasteiger partial charge in [-0.15, -0.1) is 0 Å². The molecule has 1 aromatic heterocycles. The molecule has 0 fully saturated rings. The Balaban J connectivity index is 1.94. The fourth-order valence-corrected chi connectivity index (χ4v) is 4.22. The Hall–Kier alpha value is -3.84. The Kier molecular flexibility index (Phi) is 6.07. The molecule has 1 heterocycles. The molecule has 7 heteroatoms. The Bertz CT molecular complexity index is 1520. The van der Waals surface area contributed by atoms with Crippen LogP contribution in [0.1, 0.15) is 12.5 Å². The van der Waals surface area contributed by atoms with E-state index >= 15 is 0 Å². The molecule has 0 atom stereocenters. The van der Waals surface area contributed by atoms with Gasteiger partial charge in [-0.05, 0) is 53.8 Å². The molecule has 0 aliphatic rings. The summed E-state index contributed by atoms with van der Waals surface area (Å²) in [4.78, 5) is 12.7. The molecule has 0 radical (unpaired) electrons. The molecule has 0 bridgehead atoms. The summed E-state index contributed by atoms with van der Waals surface area (Å²) in [6, 6.07) is 20.2. The second-order valence-electron chi connectivity index (χ2n) is 7.63. The summed E-state index contributed by atoms with van der Waals surface area (Å²) in [6.07, 6.45) is 2.61. The van der Waals surface area contributed by atoms with Gasteiger partial charge < -0.3 is 9.30 Å². The number of nitrogens with one attached hydrogen (secondary N) is 1. The van der Waals surface area contributed by atoms with Crippen LogP contribution in [0.3, 0.4) is 0 Å². The Morgan fingerprint density at radius 2 is 1.76 bits per heavy atom. The first-order valence-electron chi connectivity index (χ1n) is 10.5. The van der Waals surface area contributed by atoms with Crippen molar-refractivity contribution in [1.29, 1.82) is 0 Å². The lowest BCUT2D eigenvalue weighted by Crippen LogP contribution is -2.16. The maximum absolute atomic E-state index is 12.7. The van der Waals surface area contributed by atoms with Crippen LogP contribution in [-0.4, -0.2) is 13.0 Å². The lowest BCUT2D eigenvalue weighted by molar-refractivity contribution is 0.484. The highest BCUT2D eigenvalue weighted by molar-refractivity contribution is 7.95. The maximum Gasteiger partial charge on any atom is 0.258 e. The summed E-state index contributed by atoms with van der Waals surface area (Å²) < 4.78 is 34.4. The average Bonchev–Trinajstić information content (AvgIpc) is 2.82. The fraction of sp³-hybridized carbons (Fsp3) is 0.115. The van der Waals surface area contributed by atoms with Crippen molar-refractivity contribution in [3.8, 4) is 22.6 Å². The van der Waals surface area contributed by atoms with Crippen LogP contribution in [0.5, 0.6) is 11.5 Å². The Morgan fingerprint density at radius 3 is 2.48 bits per heavy atom. The molecule has 168 valence electrons. The SMILES string of the molecule is C=CS(=O)(=O)Nc1ccc(Oc2cccc(CC)c2)c(-c2cn(C)c(=O)c3ccccc23)c1. The fourth-order valence-electron chi connectivity index (χ4n) is 3.69. The van der Waals surface area contributed by atoms with Crippen LogP contribution in [0.2, 0.25) is 0 Å². The van der Waals surface area contributed by atoms with Crippen molar-refractivity contribution in [2.75, 3.05) is 4.72 Å². The van der Waals surface area contributed by atoms with Gasteiger partial charge in [0, 0.05) is 40.9 Å². The van der Waals surface area contributed by atoms with Gasteiger partial charge in [0.05, 0.1) is 0 Å². The van der Waals surface area contributed by atoms with Gasteiger partial charge in [-0.2, -0.15) is 0 Å². The number of hydrogen-bond acceptors (Lipinski definition) is 4. The number of sulfonamides is 1. The standard InChI is InChI=1S/C26H24N2O4S/c1-4-18-9-8-10-20(15-18)32-25-14-13-19(27-33(30,31)5-2)16-23(25)24-17-28(3)26(29)22-12-7-6-11-21(22)24/h5-17,27H,2,4H2,1,3H3. The van der Waals surface area contributed by atoms with Crippen molar-refractivity contribution in [3.63, 3.8) is 0 Å². The molecule has 0 amide bonds. The topological polar surface area (TPSA) is 77.4 Å². The van der Waals surface area contributed by atoms with Crippen molar-refractivity contribution < 1.29 is 13.2 Å². The Labute approximate surface area is 192 Å². The number of anilines is 1. The number of pyridine rings is 1. The highest BCUT2D eigenvalue weighted by atomic mass is 32.2. The smallest absolute Gasteiger partial charge is 0.258 e. The largest absolute Gasteiger partial charge is 0.457 e. The van der Waals surface area contributed by atoms with E-state index in [1.165, 1.54) is 4.57 Å². The number of hydrogen-bond donors (Lipinski definition) is 1. The maximum atomic E-state index is 12.7. The molecule has 0 aliphatic carbocycles. The summed E-state index contributed by atoms with van der Waals surface area (Å²) in [5.74, 6) is 1.21. The van der Waals surface area contributed by atoms with Crippen LogP contribution < -0.4 is 15.0 Å². The number of aryl methyl sites for hydroxylation is 2. The second-order valence-corrected chi connectivity index (χ2v) is 9.26. The van der Waals surface area contributed by atoms with Crippen LogP contribution in [0.25, 0.3) is 21.9 Å². The van der Waals surface area contributed by atoms with Gasteiger partial charge >= 0.3 is 0 Å². The zero-order valence-corrected chi connectivity index (χ0v) is 19.2. The minimum absolute atomic E-state index is 0.115. The van der Waals surface area contributed by atoms with E-state index in [0.29, 0.717) is 28.1 Å². The van der Waals surface area contributed by atoms with E-state index in [4.69, 9.17) is 4.74 Å². The van der Waals surface area contributed by atoms with E-state index in [9.17, 15) is 13.2 Å². The van der Waals surface area contributed by atoms with E-state index in [-0.39, 0.29) is 5.56 Å². The summed E-state index contributed by atoms with van der Waals surface area (Å²) >= 11 is 0. The molecule has 1 N–H and O–H groups in total. The van der Waals surface area contributed by atoms with Gasteiger partial charge in [0.25, 0.3) is 15.6 Å². The minimum Gasteiger partial charge on any atom is -0.457 e.